The number of fused-ring (bicyclic) bond motifs is 28. The summed E-state index contributed by atoms with van der Waals surface area (Å²) in [4.78, 5) is 0. The minimum Gasteiger partial charge on any atom is -0.439 e. The second kappa shape index (κ2) is 13.7. The fourth-order valence-electron chi connectivity index (χ4n) is 16.3. The molecule has 0 amide bonds. The van der Waals surface area contributed by atoms with E-state index in [1.807, 2.05) is 34.0 Å². The molecule has 4 aliphatic rings. The number of nitrogens with zero attached hydrogens (tertiary/aromatic N) is 4. The molecule has 0 radical (unpaired) electrons. The van der Waals surface area contributed by atoms with Crippen LogP contribution in [-0.4, -0.2) is 31.8 Å². The number of para-hydroxylation sites is 5. The van der Waals surface area contributed by atoms with Gasteiger partial charge >= 0.3 is 13.7 Å². The third-order valence-electron chi connectivity index (χ3n) is 19.1. The molecule has 22 rings (SSSR count). The average Bonchev–Trinajstić information content (AvgIpc) is 2.93. The zero-order valence-corrected chi connectivity index (χ0v) is 45.1. The van der Waals surface area contributed by atoms with E-state index < -0.39 is 0 Å². The lowest BCUT2D eigenvalue weighted by atomic mass is 9.45. The summed E-state index contributed by atoms with van der Waals surface area (Å²) < 4.78 is 25.8. The number of aromatic nitrogens is 4. The van der Waals surface area contributed by atoms with Crippen LogP contribution >= 0.6 is 34.0 Å². The molecule has 0 bridgehead atoms. The zero-order valence-electron chi connectivity index (χ0n) is 42.7. The average molecular weight is 1070 g/mol. The Kier molecular flexibility index (Phi) is 7.02. The first-order valence-corrected chi connectivity index (χ1v) is 30.2. The molecule has 0 unspecified atom stereocenters. The summed E-state index contributed by atoms with van der Waals surface area (Å²) in [6.07, 6.45) is 0.795. The molecule has 0 spiro atoms. The molecule has 10 aromatic carbocycles. The molecular weight excluding hydrogens is 1030 g/mol. The van der Waals surface area contributed by atoms with Gasteiger partial charge in [-0.15, -0.1) is 34.0 Å². The van der Waals surface area contributed by atoms with Crippen LogP contribution in [0.1, 0.15) is 16.7 Å². The predicted molar refractivity (Wildman–Crippen MR) is 343 cm³/mol. The van der Waals surface area contributed by atoms with Gasteiger partial charge in [-0.25, -0.2) is 0 Å². The van der Waals surface area contributed by atoms with Crippen LogP contribution in [0, 0.1) is 6.92 Å². The Balaban J connectivity index is 0.775. The second-order valence-electron chi connectivity index (χ2n) is 23.0. The summed E-state index contributed by atoms with van der Waals surface area (Å²) in [5.74, 6) is 0. The van der Waals surface area contributed by atoms with Crippen molar-refractivity contribution in [2.75, 3.05) is 0 Å². The molecule has 4 aliphatic heterocycles. The van der Waals surface area contributed by atoms with E-state index in [1.54, 1.807) is 0 Å². The number of aryl methyl sites for hydroxylation is 1. The molecule has 0 saturated carbocycles. The van der Waals surface area contributed by atoms with E-state index in [0.717, 1.165) is 23.1 Å². The van der Waals surface area contributed by atoms with Crippen molar-refractivity contribution in [3.8, 4) is 33.6 Å². The van der Waals surface area contributed by atoms with Gasteiger partial charge in [-0.2, -0.15) is 0 Å². The molecule has 0 fully saturated rings. The van der Waals surface area contributed by atoms with E-state index in [4.69, 9.17) is 4.42 Å². The van der Waals surface area contributed by atoms with Crippen LogP contribution in [0.3, 0.4) is 0 Å². The van der Waals surface area contributed by atoms with Gasteiger partial charge in [0.2, 0.25) is 5.71 Å². The molecule has 0 N–H and O–H groups in total. The molecule has 12 heterocycles. The van der Waals surface area contributed by atoms with Gasteiger partial charge in [0.15, 0.2) is 0 Å². The zero-order chi connectivity index (χ0) is 51.3. The first kappa shape index (κ1) is 41.1. The summed E-state index contributed by atoms with van der Waals surface area (Å²) in [6.45, 7) is 2.29. The van der Waals surface area contributed by atoms with E-state index >= 15 is 0 Å². The van der Waals surface area contributed by atoms with Crippen LogP contribution in [0.15, 0.2) is 192 Å². The Labute approximate surface area is 467 Å². The van der Waals surface area contributed by atoms with Gasteiger partial charge in [-0.3, -0.25) is 4.57 Å². The van der Waals surface area contributed by atoms with Crippen LogP contribution in [0.2, 0.25) is 0 Å². The van der Waals surface area contributed by atoms with Gasteiger partial charge in [0.05, 0.1) is 47.1 Å². The van der Waals surface area contributed by atoms with Crippen molar-refractivity contribution >= 4 is 196 Å². The van der Waals surface area contributed by atoms with Crippen molar-refractivity contribution in [1.82, 2.24) is 18.1 Å². The summed E-state index contributed by atoms with van der Waals surface area (Å²) >= 11 is 5.84. The lowest BCUT2D eigenvalue weighted by Crippen LogP contribution is -2.55. The standard InChI is InChI=1S/C70H36B2N4OS3/c1-34-28-47-37-15-8-19-45-60(37)76(72-50-22-11-20-46-63(50)73(51(29-34)58(47)72)64-40-13-3-6-24-54(40)78-67(46)64)66-42-27-26-35(33-56(42)80-69(45)66)30-36-31-48-38-16-9-18-44-61(38)75(65-41-14-4-7-25-55(41)79-68(44)65)71-49-21-10-17-43-57-39-12-2-5-23-53(39)77-70(57)74(62(43)49)52(32-36)59(48)71/h2-29,31-33H,30H2,1H3. The van der Waals surface area contributed by atoms with Gasteiger partial charge in [0.25, 0.3) is 0 Å². The fourth-order valence-corrected chi connectivity index (χ4v) is 20.0. The maximum absolute atomic E-state index is 7.01. The summed E-state index contributed by atoms with van der Waals surface area (Å²) in [5.41, 5.74) is 28.4. The van der Waals surface area contributed by atoms with Crippen LogP contribution in [-0.2, 0) is 6.42 Å². The van der Waals surface area contributed by atoms with Crippen molar-refractivity contribution in [2.24, 2.45) is 0 Å². The molecule has 0 atom stereocenters. The van der Waals surface area contributed by atoms with Gasteiger partial charge in [0.1, 0.15) is 5.58 Å². The molecule has 80 heavy (non-hydrogen) atoms. The summed E-state index contributed by atoms with van der Waals surface area (Å²) in [7, 11) is 0. The van der Waals surface area contributed by atoms with E-state index in [2.05, 4.69) is 213 Å². The highest BCUT2D eigenvalue weighted by atomic mass is 32.1. The van der Waals surface area contributed by atoms with Gasteiger partial charge in [-0.1, -0.05) is 152 Å². The normalized spacial score (nSPS) is 13.8. The van der Waals surface area contributed by atoms with Crippen molar-refractivity contribution < 1.29 is 4.42 Å². The number of hydrogen-bond donors (Lipinski definition) is 0. The van der Waals surface area contributed by atoms with Crippen LogP contribution < -0.4 is 21.9 Å². The third kappa shape index (κ3) is 4.54. The van der Waals surface area contributed by atoms with Crippen LogP contribution in [0.25, 0.3) is 160 Å². The largest absolute Gasteiger partial charge is 0.439 e. The lowest BCUT2D eigenvalue weighted by Gasteiger charge is -2.34. The molecular formula is C70H36B2N4OS3. The number of rotatable bonds is 2. The molecule has 5 nitrogen and oxygen atoms in total. The molecule has 10 heteroatoms. The SMILES string of the molecule is Cc1cc2c3c(c1)-n1c4c(cccc4c4sc5ccccc5c41)B3n1c3c-2cccc3c2sc3cc(Cc4cc5c6c(c4)-n4c7oc8ccccc8c7c7cccc(c74)B6n4c6c-5cccc6c5sc6ccccc6c54)ccc3c21. The first-order valence-electron chi connectivity index (χ1n) is 27.8. The van der Waals surface area contributed by atoms with Crippen LogP contribution in [0.5, 0.6) is 0 Å². The fraction of sp³-hybridized carbons (Fsp3) is 0.0286. The monoisotopic (exact) mass is 1070 g/mol. The maximum Gasteiger partial charge on any atom is 0.333 e. The maximum atomic E-state index is 7.01. The molecule has 0 saturated heterocycles. The van der Waals surface area contributed by atoms with E-state index in [1.165, 1.54) is 182 Å². The Morgan fingerprint density at radius 2 is 0.925 bits per heavy atom. The van der Waals surface area contributed by atoms with Crippen molar-refractivity contribution in [3.05, 3.63) is 205 Å². The molecule has 18 aromatic rings. The highest BCUT2D eigenvalue weighted by Crippen LogP contribution is 2.52. The predicted octanol–water partition coefficient (Wildman–Crippen LogP) is 16.3. The van der Waals surface area contributed by atoms with Gasteiger partial charge in [0, 0.05) is 90.7 Å². The lowest BCUT2D eigenvalue weighted by molar-refractivity contribution is 0.645. The topological polar surface area (TPSA) is 32.9 Å². The van der Waals surface area contributed by atoms with Gasteiger partial charge in [-0.05, 0) is 99.4 Å². The number of benzene rings is 10. The van der Waals surface area contributed by atoms with Crippen molar-refractivity contribution in [2.45, 2.75) is 13.3 Å². The Morgan fingerprint density at radius 3 is 1.64 bits per heavy atom. The Morgan fingerprint density at radius 1 is 0.388 bits per heavy atom. The van der Waals surface area contributed by atoms with Crippen molar-refractivity contribution in [1.29, 1.82) is 0 Å². The summed E-state index contributed by atoms with van der Waals surface area (Å²) in [6, 6.07) is 72.1. The van der Waals surface area contributed by atoms with E-state index in [-0.39, 0.29) is 13.7 Å². The highest BCUT2D eigenvalue weighted by Gasteiger charge is 2.45. The minimum atomic E-state index is -0.0181. The first-order chi connectivity index (χ1) is 39.6. The number of hydrogen-bond acceptors (Lipinski definition) is 4. The number of furan rings is 1. The third-order valence-corrected chi connectivity index (χ3v) is 22.7. The number of thiophene rings is 3. The van der Waals surface area contributed by atoms with Crippen molar-refractivity contribution in [3.63, 3.8) is 0 Å². The summed E-state index contributed by atoms with van der Waals surface area (Å²) in [5, 5.41) is 11.6. The van der Waals surface area contributed by atoms with Crippen LogP contribution in [0.4, 0.5) is 0 Å². The van der Waals surface area contributed by atoms with E-state index in [0.29, 0.717) is 0 Å². The van der Waals surface area contributed by atoms with Gasteiger partial charge < -0.3 is 17.9 Å². The Hall–Kier alpha value is -9.05. The van der Waals surface area contributed by atoms with E-state index in [9.17, 15) is 0 Å². The second-order valence-corrected chi connectivity index (χ2v) is 26.2. The quantitative estimate of drug-likeness (QED) is 0.159. The highest BCUT2D eigenvalue weighted by molar-refractivity contribution is 7.28. The Bertz CT molecular complexity index is 6070. The molecule has 8 aromatic heterocycles. The smallest absolute Gasteiger partial charge is 0.333 e. The molecule has 366 valence electrons. The minimum absolute atomic E-state index is 0.0181. The molecule has 0 aliphatic carbocycles.